The Bertz CT molecular complexity index is 294. The molecule has 72 valence electrons. The fourth-order valence-corrected chi connectivity index (χ4v) is 1.32. The minimum atomic E-state index is -2.72. The molecule has 13 heavy (non-hydrogen) atoms. The smallest absolute Gasteiger partial charge is 0.268 e. The molecule has 0 aliphatic heterocycles. The van der Waals surface area contributed by atoms with E-state index in [1.165, 1.54) is 6.07 Å². The molecular formula is C7H6Cl2F2N2. The molecule has 0 saturated heterocycles. The van der Waals surface area contributed by atoms with E-state index in [1.807, 2.05) is 0 Å². The molecule has 2 N–H and O–H groups in total. The van der Waals surface area contributed by atoms with Crippen LogP contribution in [0.4, 0.5) is 14.5 Å². The number of nitrogen functional groups attached to an aromatic ring is 1. The molecular weight excluding hydrogens is 221 g/mol. The maximum absolute atomic E-state index is 12.3. The van der Waals surface area contributed by atoms with Gasteiger partial charge in [0, 0.05) is 5.69 Å². The molecule has 0 amide bonds. The van der Waals surface area contributed by atoms with Gasteiger partial charge in [-0.3, -0.25) is 0 Å². The largest absolute Gasteiger partial charge is 0.398 e. The summed E-state index contributed by atoms with van der Waals surface area (Å²) < 4.78 is 24.6. The SMILES string of the molecule is Nc1cc(CCl)nc(Cl)c1C(F)F. The van der Waals surface area contributed by atoms with E-state index < -0.39 is 12.0 Å². The minimum absolute atomic E-state index is 0.0781. The summed E-state index contributed by atoms with van der Waals surface area (Å²) in [4.78, 5) is 3.65. The Kier molecular flexibility index (Phi) is 3.27. The molecule has 6 heteroatoms. The molecule has 0 bridgehead atoms. The van der Waals surface area contributed by atoms with Gasteiger partial charge in [-0.25, -0.2) is 13.8 Å². The first-order valence-corrected chi connectivity index (χ1v) is 4.26. The van der Waals surface area contributed by atoms with Crippen molar-refractivity contribution in [1.29, 1.82) is 0 Å². The van der Waals surface area contributed by atoms with Crippen LogP contribution >= 0.6 is 23.2 Å². The van der Waals surface area contributed by atoms with Crippen LogP contribution in [-0.4, -0.2) is 4.98 Å². The summed E-state index contributed by atoms with van der Waals surface area (Å²) in [6, 6.07) is 1.29. The van der Waals surface area contributed by atoms with Gasteiger partial charge >= 0.3 is 0 Å². The second kappa shape index (κ2) is 4.07. The fraction of sp³-hybridized carbons (Fsp3) is 0.286. The number of nitrogens with zero attached hydrogens (tertiary/aromatic N) is 1. The molecule has 0 aliphatic carbocycles. The van der Waals surface area contributed by atoms with Crippen molar-refractivity contribution in [3.8, 4) is 0 Å². The summed E-state index contributed by atoms with van der Waals surface area (Å²) in [6.07, 6.45) is -2.72. The lowest BCUT2D eigenvalue weighted by Gasteiger charge is -2.07. The van der Waals surface area contributed by atoms with Crippen LogP contribution in [0.5, 0.6) is 0 Å². The molecule has 2 nitrogen and oxygen atoms in total. The number of hydrogen-bond acceptors (Lipinski definition) is 2. The second-order valence-corrected chi connectivity index (χ2v) is 2.97. The molecule has 0 aliphatic rings. The molecule has 0 aromatic carbocycles. The summed E-state index contributed by atoms with van der Waals surface area (Å²) in [6.45, 7) is 0. The lowest BCUT2D eigenvalue weighted by atomic mass is 10.2. The number of aromatic nitrogens is 1. The maximum Gasteiger partial charge on any atom is 0.268 e. The predicted octanol–water partition coefficient (Wildman–Crippen LogP) is 2.99. The number of rotatable bonds is 2. The lowest BCUT2D eigenvalue weighted by molar-refractivity contribution is 0.152. The lowest BCUT2D eigenvalue weighted by Crippen LogP contribution is -2.00. The Balaban J connectivity index is 3.23. The third-order valence-corrected chi connectivity index (χ3v) is 2.01. The highest BCUT2D eigenvalue weighted by atomic mass is 35.5. The van der Waals surface area contributed by atoms with Crippen LogP contribution in [0.25, 0.3) is 0 Å². The summed E-state index contributed by atoms with van der Waals surface area (Å²) in [5, 5.41) is -0.286. The van der Waals surface area contributed by atoms with Crippen molar-refractivity contribution in [2.45, 2.75) is 12.3 Å². The van der Waals surface area contributed by atoms with E-state index in [0.717, 1.165) is 0 Å². The normalized spacial score (nSPS) is 10.8. The predicted molar refractivity (Wildman–Crippen MR) is 48.2 cm³/mol. The molecule has 0 fully saturated rings. The summed E-state index contributed by atoms with van der Waals surface area (Å²) >= 11 is 10.9. The molecule has 0 radical (unpaired) electrons. The van der Waals surface area contributed by atoms with Crippen LogP contribution in [-0.2, 0) is 5.88 Å². The third-order valence-electron chi connectivity index (χ3n) is 1.45. The van der Waals surface area contributed by atoms with Gasteiger partial charge < -0.3 is 5.73 Å². The number of nitrogens with two attached hydrogens (primary N) is 1. The summed E-state index contributed by atoms with van der Waals surface area (Å²) in [5.41, 5.74) is 5.21. The molecule has 0 atom stereocenters. The standard InChI is InChI=1S/C7H6Cl2F2N2/c8-2-3-1-4(12)5(7(10)11)6(9)13-3/h1,7H,2H2,(H2,12,13). The van der Waals surface area contributed by atoms with E-state index >= 15 is 0 Å². The molecule has 1 rings (SSSR count). The van der Waals surface area contributed by atoms with Gasteiger partial charge in [-0.1, -0.05) is 11.6 Å². The van der Waals surface area contributed by atoms with E-state index in [0.29, 0.717) is 5.69 Å². The van der Waals surface area contributed by atoms with E-state index in [9.17, 15) is 8.78 Å². The van der Waals surface area contributed by atoms with Crippen LogP contribution in [0.2, 0.25) is 5.15 Å². The Morgan fingerprint density at radius 3 is 2.54 bits per heavy atom. The molecule has 0 spiro atoms. The zero-order chi connectivity index (χ0) is 10.0. The first kappa shape index (κ1) is 10.5. The number of alkyl halides is 3. The zero-order valence-corrected chi connectivity index (χ0v) is 7.91. The highest BCUT2D eigenvalue weighted by Crippen LogP contribution is 2.31. The van der Waals surface area contributed by atoms with Crippen molar-refractivity contribution in [1.82, 2.24) is 4.98 Å². The quantitative estimate of drug-likeness (QED) is 0.622. The van der Waals surface area contributed by atoms with Crippen molar-refractivity contribution in [2.24, 2.45) is 0 Å². The number of anilines is 1. The van der Waals surface area contributed by atoms with E-state index in [1.54, 1.807) is 0 Å². The first-order chi connectivity index (χ1) is 6.06. The Morgan fingerprint density at radius 2 is 2.15 bits per heavy atom. The van der Waals surface area contributed by atoms with E-state index in [4.69, 9.17) is 28.9 Å². The fourth-order valence-electron chi connectivity index (χ4n) is 0.879. The third kappa shape index (κ3) is 2.19. The van der Waals surface area contributed by atoms with Crippen molar-refractivity contribution >= 4 is 28.9 Å². The van der Waals surface area contributed by atoms with Gasteiger partial charge in [0.2, 0.25) is 0 Å². The van der Waals surface area contributed by atoms with Crippen molar-refractivity contribution in [3.63, 3.8) is 0 Å². The average Bonchev–Trinajstić information content (AvgIpc) is 2.02. The van der Waals surface area contributed by atoms with Gasteiger partial charge in [-0.2, -0.15) is 0 Å². The average molecular weight is 227 g/mol. The van der Waals surface area contributed by atoms with Gasteiger partial charge in [-0.05, 0) is 6.07 Å². The number of hydrogen-bond donors (Lipinski definition) is 1. The monoisotopic (exact) mass is 226 g/mol. The first-order valence-electron chi connectivity index (χ1n) is 3.35. The van der Waals surface area contributed by atoms with Gasteiger partial charge in [-0.15, -0.1) is 11.6 Å². The van der Waals surface area contributed by atoms with Crippen LogP contribution in [0.3, 0.4) is 0 Å². The van der Waals surface area contributed by atoms with Gasteiger partial charge in [0.05, 0.1) is 17.1 Å². The number of pyridine rings is 1. The zero-order valence-electron chi connectivity index (χ0n) is 6.40. The molecule has 1 heterocycles. The molecule has 0 saturated carbocycles. The highest BCUT2D eigenvalue weighted by Gasteiger charge is 2.17. The highest BCUT2D eigenvalue weighted by molar-refractivity contribution is 6.30. The van der Waals surface area contributed by atoms with Gasteiger partial charge in [0.1, 0.15) is 5.15 Å². The Hall–Kier alpha value is -0.610. The van der Waals surface area contributed by atoms with E-state index in [-0.39, 0.29) is 16.7 Å². The van der Waals surface area contributed by atoms with Crippen LogP contribution in [0.15, 0.2) is 6.07 Å². The van der Waals surface area contributed by atoms with E-state index in [2.05, 4.69) is 4.98 Å². The Labute approximate surface area is 83.7 Å². The molecule has 0 unspecified atom stereocenters. The Morgan fingerprint density at radius 1 is 1.54 bits per heavy atom. The topological polar surface area (TPSA) is 38.9 Å². The van der Waals surface area contributed by atoms with Crippen LogP contribution in [0, 0.1) is 0 Å². The van der Waals surface area contributed by atoms with Crippen molar-refractivity contribution in [3.05, 3.63) is 22.5 Å². The van der Waals surface area contributed by atoms with Gasteiger partial charge in [0.15, 0.2) is 0 Å². The molecule has 1 aromatic heterocycles. The summed E-state index contributed by atoms with van der Waals surface area (Å²) in [7, 11) is 0. The second-order valence-electron chi connectivity index (χ2n) is 2.34. The maximum atomic E-state index is 12.3. The van der Waals surface area contributed by atoms with Crippen LogP contribution < -0.4 is 5.73 Å². The number of halogens is 4. The summed E-state index contributed by atoms with van der Waals surface area (Å²) in [5.74, 6) is 0.0907. The van der Waals surface area contributed by atoms with Crippen molar-refractivity contribution in [2.75, 3.05) is 5.73 Å². The molecule has 1 aromatic rings. The van der Waals surface area contributed by atoms with Crippen molar-refractivity contribution < 1.29 is 8.78 Å². The van der Waals surface area contributed by atoms with Crippen LogP contribution in [0.1, 0.15) is 17.7 Å². The minimum Gasteiger partial charge on any atom is -0.398 e. The van der Waals surface area contributed by atoms with Gasteiger partial charge in [0.25, 0.3) is 6.43 Å².